The summed E-state index contributed by atoms with van der Waals surface area (Å²) in [5.41, 5.74) is 0. The molecule has 9 nitrogen and oxygen atoms in total. The van der Waals surface area contributed by atoms with E-state index in [-0.39, 0.29) is 12.4 Å². The lowest BCUT2D eigenvalue weighted by Crippen LogP contribution is -2.48. The summed E-state index contributed by atoms with van der Waals surface area (Å²) >= 11 is 3.00. The number of ether oxygens (including phenoxy) is 8. The summed E-state index contributed by atoms with van der Waals surface area (Å²) in [5.74, 6) is 0. The van der Waals surface area contributed by atoms with Crippen LogP contribution in [0.4, 0.5) is 0 Å². The Bertz CT molecular complexity index is 964. The summed E-state index contributed by atoms with van der Waals surface area (Å²) in [5, 5.41) is 0. The van der Waals surface area contributed by atoms with Crippen molar-refractivity contribution in [3.8, 4) is 0 Å². The van der Waals surface area contributed by atoms with Crippen LogP contribution in [-0.4, -0.2) is 131 Å². The summed E-state index contributed by atoms with van der Waals surface area (Å²) in [7, 11) is 12.4. The quantitative estimate of drug-likeness (QED) is 0.0212. The van der Waals surface area contributed by atoms with Gasteiger partial charge in [0.05, 0.1) is 80.1 Å². The van der Waals surface area contributed by atoms with Crippen molar-refractivity contribution in [2.24, 2.45) is 0 Å². The van der Waals surface area contributed by atoms with Gasteiger partial charge in [0.2, 0.25) is 0 Å². The first-order valence-corrected chi connectivity index (χ1v) is 29.7. The van der Waals surface area contributed by atoms with Crippen LogP contribution < -0.4 is 0 Å². The standard InChI is InChI=1S/C57H114NO8.ClHS/c1-7-9-11-13-15-17-19-21-23-25-27-29-31-33-35-40-44-63-55-56(64-45-41-36-34-32-30-28-26-24-22-20-18-16-14-12-10-8-2)54-58(3,4)43-39-37-38-42-57(65-52-50-61-48-46-59-5)66-53-51-62-49-47-60-6;1-2/h21-24,56-57H,7-20,25-55H2,1-6H3;2H/q+1;/b23-21-,24-22-;. The van der Waals surface area contributed by atoms with Crippen LogP contribution in [0.3, 0.4) is 0 Å². The molecule has 0 aliphatic rings. The van der Waals surface area contributed by atoms with Crippen LogP contribution in [0.25, 0.3) is 0 Å². The highest BCUT2D eigenvalue weighted by atomic mass is 35.7. The summed E-state index contributed by atoms with van der Waals surface area (Å²) < 4.78 is 47.3. The van der Waals surface area contributed by atoms with Crippen molar-refractivity contribution in [1.82, 2.24) is 0 Å². The van der Waals surface area contributed by atoms with Gasteiger partial charge in [0.15, 0.2) is 6.29 Å². The third kappa shape index (κ3) is 58.3. The normalized spacial score (nSPS) is 12.5. The molecule has 0 saturated heterocycles. The van der Waals surface area contributed by atoms with Gasteiger partial charge < -0.3 is 42.4 Å². The van der Waals surface area contributed by atoms with E-state index in [1.165, 1.54) is 167 Å². The maximum Gasteiger partial charge on any atom is 0.157 e. The van der Waals surface area contributed by atoms with E-state index < -0.39 is 0 Å². The van der Waals surface area contributed by atoms with E-state index in [2.05, 4.69) is 74.8 Å². The minimum absolute atomic E-state index is 0.126. The van der Waals surface area contributed by atoms with Crippen molar-refractivity contribution in [3.05, 3.63) is 24.3 Å². The zero-order valence-electron chi connectivity index (χ0n) is 45.8. The summed E-state index contributed by atoms with van der Waals surface area (Å²) in [4.78, 5) is 0. The SMILES string of the molecule is CCCCCCCC/C=C\CCCCCCCCOCC(C[N+](C)(C)CCCCCC(OCCOCCOC)OCCOCCOC)OCCCCCCCC/C=C\CCCCCCCC.SCl. The van der Waals surface area contributed by atoms with Crippen LogP contribution in [0.2, 0.25) is 0 Å². The van der Waals surface area contributed by atoms with E-state index in [4.69, 9.17) is 37.9 Å². The molecule has 0 aliphatic carbocycles. The first-order valence-electron chi connectivity index (χ1n) is 28.3. The first kappa shape index (κ1) is 69.8. The first-order chi connectivity index (χ1) is 33.5. The van der Waals surface area contributed by atoms with E-state index in [0.717, 1.165) is 69.3 Å². The van der Waals surface area contributed by atoms with Gasteiger partial charge in [-0.3, -0.25) is 0 Å². The maximum absolute atomic E-state index is 6.60. The maximum atomic E-state index is 6.60. The molecule has 0 heterocycles. The van der Waals surface area contributed by atoms with Crippen LogP contribution in [0.15, 0.2) is 24.3 Å². The number of allylic oxidation sites excluding steroid dienone is 4. The molecule has 0 radical (unpaired) electrons. The van der Waals surface area contributed by atoms with Gasteiger partial charge in [-0.15, -0.1) is 0 Å². The average molecular weight is 1010 g/mol. The number of quaternary nitrogens is 1. The van der Waals surface area contributed by atoms with Gasteiger partial charge in [-0.1, -0.05) is 166 Å². The molecular weight excluding hydrogens is 894 g/mol. The lowest BCUT2D eigenvalue weighted by atomic mass is 10.1. The molecule has 0 aromatic rings. The van der Waals surface area contributed by atoms with Gasteiger partial charge >= 0.3 is 0 Å². The zero-order chi connectivity index (χ0) is 50.0. The monoisotopic (exact) mass is 1010 g/mol. The van der Waals surface area contributed by atoms with Crippen molar-refractivity contribution < 1.29 is 42.4 Å². The number of likely N-dealkylation sites (N-methyl/N-ethyl adjacent to an activating group) is 1. The number of hydrogen-bond donors (Lipinski definition) is 1. The lowest BCUT2D eigenvalue weighted by molar-refractivity contribution is -0.893. The van der Waals surface area contributed by atoms with E-state index in [9.17, 15) is 0 Å². The fourth-order valence-corrected chi connectivity index (χ4v) is 8.27. The van der Waals surface area contributed by atoms with Crippen LogP contribution in [0, 0.1) is 0 Å². The fraction of sp³-hybridized carbons (Fsp3) is 0.930. The van der Waals surface area contributed by atoms with E-state index in [1.54, 1.807) is 14.2 Å². The number of halogens is 1. The Hall–Kier alpha value is -0.240. The molecule has 408 valence electrons. The fourth-order valence-electron chi connectivity index (χ4n) is 8.27. The Labute approximate surface area is 433 Å². The number of rotatable bonds is 57. The highest BCUT2D eigenvalue weighted by molar-refractivity contribution is 8.05. The molecule has 0 fully saturated rings. The lowest BCUT2D eigenvalue weighted by Gasteiger charge is -2.33. The predicted molar refractivity (Wildman–Crippen MR) is 296 cm³/mol. The predicted octanol–water partition coefficient (Wildman–Crippen LogP) is 15.9. The van der Waals surface area contributed by atoms with Gasteiger partial charge in [-0.05, 0) is 101 Å². The molecule has 1 unspecified atom stereocenters. The van der Waals surface area contributed by atoms with Gasteiger partial charge in [0, 0.05) is 27.4 Å². The number of hydrogen-bond acceptors (Lipinski definition) is 9. The molecule has 68 heavy (non-hydrogen) atoms. The summed E-state index contributed by atoms with van der Waals surface area (Å²) in [6, 6.07) is 0. The molecule has 11 heteroatoms. The molecule has 0 spiro atoms. The highest BCUT2D eigenvalue weighted by Gasteiger charge is 2.23. The zero-order valence-corrected chi connectivity index (χ0v) is 47.5. The molecule has 1 atom stereocenters. The topological polar surface area (TPSA) is 73.8 Å². The molecular formula is C57H115ClNO8S+. The summed E-state index contributed by atoms with van der Waals surface area (Å²) in [6.45, 7) is 13.4. The Morgan fingerprint density at radius 1 is 0.397 bits per heavy atom. The van der Waals surface area contributed by atoms with E-state index in [0.29, 0.717) is 59.5 Å². The molecule has 0 saturated carbocycles. The van der Waals surface area contributed by atoms with Gasteiger partial charge in [0.1, 0.15) is 12.6 Å². The van der Waals surface area contributed by atoms with Crippen LogP contribution in [-0.2, 0) is 37.9 Å². The van der Waals surface area contributed by atoms with Crippen molar-refractivity contribution in [3.63, 3.8) is 0 Å². The molecule has 0 aromatic carbocycles. The summed E-state index contributed by atoms with van der Waals surface area (Å²) in [6.07, 6.45) is 50.9. The Balaban J connectivity index is 0. The smallest absolute Gasteiger partial charge is 0.157 e. The molecule has 0 amide bonds. The largest absolute Gasteiger partial charge is 0.382 e. The van der Waals surface area contributed by atoms with Gasteiger partial charge in [-0.2, -0.15) is 0 Å². The van der Waals surface area contributed by atoms with Crippen molar-refractivity contribution >= 4 is 22.5 Å². The van der Waals surface area contributed by atoms with Crippen molar-refractivity contribution in [1.29, 1.82) is 0 Å². The highest BCUT2D eigenvalue weighted by Crippen LogP contribution is 2.15. The Kier molecular flexibility index (Phi) is 62.7. The van der Waals surface area contributed by atoms with Crippen LogP contribution in [0.5, 0.6) is 0 Å². The van der Waals surface area contributed by atoms with E-state index >= 15 is 0 Å². The Morgan fingerprint density at radius 3 is 1.22 bits per heavy atom. The Morgan fingerprint density at radius 2 is 0.779 bits per heavy atom. The van der Waals surface area contributed by atoms with Crippen LogP contribution in [0.1, 0.15) is 219 Å². The number of unbranched alkanes of at least 4 members (excludes halogenated alkanes) is 26. The minimum Gasteiger partial charge on any atom is -0.382 e. The average Bonchev–Trinajstić information content (AvgIpc) is 3.34. The molecule has 0 aliphatic heterocycles. The third-order valence-electron chi connectivity index (χ3n) is 12.4. The number of methoxy groups -OCH3 is 2. The van der Waals surface area contributed by atoms with Gasteiger partial charge in [0.25, 0.3) is 0 Å². The van der Waals surface area contributed by atoms with Crippen LogP contribution >= 0.6 is 22.5 Å². The second kappa shape index (κ2) is 61.1. The van der Waals surface area contributed by atoms with Crippen molar-refractivity contribution in [2.75, 3.05) is 114 Å². The number of nitrogens with zero attached hydrogens (tertiary/aromatic N) is 1. The molecule has 0 rings (SSSR count). The molecule has 0 N–H and O–H groups in total. The minimum atomic E-state index is -0.257. The third-order valence-corrected chi connectivity index (χ3v) is 12.4. The van der Waals surface area contributed by atoms with E-state index in [1.807, 2.05) is 0 Å². The van der Waals surface area contributed by atoms with Gasteiger partial charge in [-0.25, -0.2) is 0 Å². The molecule has 0 bridgehead atoms. The number of thiol groups is 1. The molecule has 0 aromatic heterocycles. The second-order valence-electron chi connectivity index (χ2n) is 19.5. The second-order valence-corrected chi connectivity index (χ2v) is 19.5. The van der Waals surface area contributed by atoms with Crippen molar-refractivity contribution in [2.45, 2.75) is 232 Å².